The first-order valence-corrected chi connectivity index (χ1v) is 25.0. The molecule has 0 radical (unpaired) electrons. The Balaban J connectivity index is 1.01. The molecule has 0 amide bonds. The molecule has 0 heteroatoms. The smallest absolute Gasteiger partial charge is 0.00255 e. The summed E-state index contributed by atoms with van der Waals surface area (Å²) < 4.78 is 0. The molecular weight excluding hydrogens is 841 g/mol. The van der Waals surface area contributed by atoms with Gasteiger partial charge >= 0.3 is 0 Å². The molecule has 0 saturated carbocycles. The van der Waals surface area contributed by atoms with E-state index in [9.17, 15) is 0 Å². The summed E-state index contributed by atoms with van der Waals surface area (Å²) in [5, 5.41) is 13.0. The molecule has 0 fully saturated rings. The molecule has 0 atom stereocenters. The Morgan fingerprint density at radius 1 is 0.200 bits per heavy atom. The minimum Gasteiger partial charge on any atom is -0.0617 e. The van der Waals surface area contributed by atoms with E-state index in [2.05, 4.69) is 225 Å². The maximum atomic E-state index is 2.52. The van der Waals surface area contributed by atoms with Crippen LogP contribution in [-0.2, 0) is 0 Å². The number of rotatable bonds is 4. The second kappa shape index (κ2) is 14.7. The Morgan fingerprint density at radius 3 is 0.729 bits per heavy atom. The van der Waals surface area contributed by atoms with Gasteiger partial charge in [0.2, 0.25) is 0 Å². The molecule has 0 N–H and O–H groups in total. The van der Waals surface area contributed by atoms with E-state index < -0.39 is 0 Å². The molecule has 12 aromatic rings. The van der Waals surface area contributed by atoms with Crippen molar-refractivity contribution >= 4 is 53.9 Å². The van der Waals surface area contributed by atoms with Crippen LogP contribution in [0.1, 0.15) is 44.5 Å². The molecule has 0 bridgehead atoms. The number of fused-ring (bicyclic) bond motifs is 11. The van der Waals surface area contributed by atoms with Gasteiger partial charge in [0.25, 0.3) is 0 Å². The third-order valence-electron chi connectivity index (χ3n) is 16.4. The van der Waals surface area contributed by atoms with Gasteiger partial charge in [0.15, 0.2) is 0 Å². The molecule has 332 valence electrons. The van der Waals surface area contributed by atoms with Crippen molar-refractivity contribution in [3.63, 3.8) is 0 Å². The average Bonchev–Trinajstić information content (AvgIpc) is 3.81. The van der Waals surface area contributed by atoms with Gasteiger partial charge in [0.1, 0.15) is 0 Å². The predicted molar refractivity (Wildman–Crippen MR) is 302 cm³/mol. The lowest BCUT2D eigenvalue weighted by molar-refractivity contribution is 1.38. The minimum atomic E-state index is 1.27. The molecule has 0 heterocycles. The first-order valence-electron chi connectivity index (χ1n) is 25.0. The summed E-state index contributed by atoms with van der Waals surface area (Å²) in [5.41, 5.74) is 31.5. The fourth-order valence-electron chi connectivity index (χ4n) is 13.4. The van der Waals surface area contributed by atoms with Gasteiger partial charge in [-0.1, -0.05) is 97.1 Å². The Kier molecular flexibility index (Phi) is 8.62. The van der Waals surface area contributed by atoms with Crippen molar-refractivity contribution in [3.05, 3.63) is 214 Å². The highest BCUT2D eigenvalue weighted by Gasteiger charge is 2.28. The Bertz CT molecular complexity index is 3990. The van der Waals surface area contributed by atoms with E-state index in [0.717, 1.165) is 0 Å². The summed E-state index contributed by atoms with van der Waals surface area (Å²) >= 11 is 0. The van der Waals surface area contributed by atoms with Gasteiger partial charge in [-0.2, -0.15) is 0 Å². The van der Waals surface area contributed by atoms with E-state index in [4.69, 9.17) is 0 Å². The largest absolute Gasteiger partial charge is 0.0617 e. The molecule has 2 aliphatic rings. The third kappa shape index (κ3) is 5.77. The van der Waals surface area contributed by atoms with Crippen molar-refractivity contribution in [2.45, 2.75) is 55.4 Å². The normalized spacial score (nSPS) is 12.3. The molecule has 70 heavy (non-hydrogen) atoms. The van der Waals surface area contributed by atoms with Gasteiger partial charge in [-0.25, -0.2) is 0 Å². The highest BCUT2D eigenvalue weighted by atomic mass is 14.3. The van der Waals surface area contributed by atoms with E-state index >= 15 is 0 Å². The minimum absolute atomic E-state index is 1.27. The first kappa shape index (κ1) is 41.0. The van der Waals surface area contributed by atoms with Gasteiger partial charge < -0.3 is 0 Å². The van der Waals surface area contributed by atoms with Crippen molar-refractivity contribution in [2.24, 2.45) is 0 Å². The first-order chi connectivity index (χ1) is 34.0. The van der Waals surface area contributed by atoms with Crippen molar-refractivity contribution in [2.75, 3.05) is 0 Å². The van der Waals surface area contributed by atoms with E-state index in [1.54, 1.807) is 0 Å². The molecule has 0 spiro atoms. The van der Waals surface area contributed by atoms with Crippen LogP contribution in [0.5, 0.6) is 0 Å². The van der Waals surface area contributed by atoms with Crippen LogP contribution in [0.25, 0.3) is 143 Å². The molecule has 0 saturated heterocycles. The number of hydrogen-bond donors (Lipinski definition) is 0. The molecule has 0 aliphatic heterocycles. The lowest BCUT2D eigenvalue weighted by Crippen LogP contribution is -1.91. The third-order valence-corrected chi connectivity index (χ3v) is 16.4. The summed E-state index contributed by atoms with van der Waals surface area (Å²) in [6, 6.07) is 66.1. The van der Waals surface area contributed by atoms with E-state index in [-0.39, 0.29) is 0 Å². The van der Waals surface area contributed by atoms with Crippen LogP contribution in [0.3, 0.4) is 0 Å². The molecule has 12 aromatic carbocycles. The van der Waals surface area contributed by atoms with Crippen molar-refractivity contribution in [3.8, 4) is 89.0 Å². The average molecular weight is 893 g/mol. The topological polar surface area (TPSA) is 0 Å². The maximum Gasteiger partial charge on any atom is -0.00255 e. The van der Waals surface area contributed by atoms with E-state index in [0.29, 0.717) is 0 Å². The molecule has 0 unspecified atom stereocenters. The zero-order valence-electron chi connectivity index (χ0n) is 41.2. The van der Waals surface area contributed by atoms with Crippen molar-refractivity contribution in [1.29, 1.82) is 0 Å². The monoisotopic (exact) mass is 892 g/mol. The highest BCUT2D eigenvalue weighted by Crippen LogP contribution is 2.55. The number of aryl methyl sites for hydroxylation is 8. The predicted octanol–water partition coefficient (Wildman–Crippen LogP) is 19.9. The Hall–Kier alpha value is -8.06. The summed E-state index contributed by atoms with van der Waals surface area (Å²) in [6.07, 6.45) is 0. The fraction of sp³-hybridized carbons (Fsp3) is 0.114. The second-order valence-corrected chi connectivity index (χ2v) is 20.8. The fourth-order valence-corrected chi connectivity index (χ4v) is 13.4. The van der Waals surface area contributed by atoms with Crippen LogP contribution < -0.4 is 0 Å². The van der Waals surface area contributed by atoms with Crippen LogP contribution in [0.2, 0.25) is 0 Å². The highest BCUT2D eigenvalue weighted by molar-refractivity contribution is 6.26. The van der Waals surface area contributed by atoms with Gasteiger partial charge in [-0.05, 0) is 316 Å². The number of hydrogen-bond acceptors (Lipinski definition) is 0. The maximum absolute atomic E-state index is 2.52. The van der Waals surface area contributed by atoms with E-state index in [1.807, 2.05) is 0 Å². The molecule has 0 aromatic heterocycles. The van der Waals surface area contributed by atoms with Crippen LogP contribution in [-0.4, -0.2) is 0 Å². The van der Waals surface area contributed by atoms with Crippen LogP contribution >= 0.6 is 0 Å². The molecular formula is C70H52. The molecule has 14 rings (SSSR count). The summed E-state index contributed by atoms with van der Waals surface area (Å²) in [4.78, 5) is 0. The van der Waals surface area contributed by atoms with Gasteiger partial charge in [-0.3, -0.25) is 0 Å². The SMILES string of the molecule is Cc1cccc(C)c1-c1cc2c3c(cc(-c4c(C)cccc4C)cc3c1)-c1cc3c(ccc4c5cc6c(cc5ccc34)-c3cc(-c4c(C)cccc4C)cc4cc(-c5c(C)cccc5C)cc-6c34)cc1-2. The lowest BCUT2D eigenvalue weighted by atomic mass is 9.89. The van der Waals surface area contributed by atoms with Gasteiger partial charge in [0, 0.05) is 0 Å². The van der Waals surface area contributed by atoms with E-state index in [1.165, 1.54) is 187 Å². The lowest BCUT2D eigenvalue weighted by Gasteiger charge is -2.15. The second-order valence-electron chi connectivity index (χ2n) is 20.8. The molecule has 2 aliphatic carbocycles. The summed E-state index contributed by atoms with van der Waals surface area (Å²) in [5.74, 6) is 0. The van der Waals surface area contributed by atoms with Crippen LogP contribution in [0.4, 0.5) is 0 Å². The Morgan fingerprint density at radius 2 is 0.457 bits per heavy atom. The molecule has 0 nitrogen and oxygen atoms in total. The van der Waals surface area contributed by atoms with Crippen LogP contribution in [0, 0.1) is 55.4 Å². The zero-order chi connectivity index (χ0) is 47.4. The van der Waals surface area contributed by atoms with Gasteiger partial charge in [-0.15, -0.1) is 0 Å². The summed E-state index contributed by atoms with van der Waals surface area (Å²) in [7, 11) is 0. The standard InChI is InChI=1S/C70H52/c1-37-13-9-14-38(2)65(37)49-25-47-27-51(67-41(5)17-11-18-42(67)6)33-63-59-35-55-45(29-57(59)61(31-49)69(47)63)21-23-54-53(55)24-22-46-30-58-60(36-56(46)54)64-34-52(68-43(7)19-12-20-44(68)8)28-48-26-50(32-62(58)70(48)64)66-39(3)15-10-16-40(66)4/h9-36H,1-8H3. The number of benzene rings is 12. The van der Waals surface area contributed by atoms with Crippen LogP contribution in [0.15, 0.2) is 170 Å². The quantitative estimate of drug-likeness (QED) is 0.154. The zero-order valence-corrected chi connectivity index (χ0v) is 41.2. The summed E-state index contributed by atoms with van der Waals surface area (Å²) in [6.45, 7) is 18.0. The van der Waals surface area contributed by atoms with Crippen molar-refractivity contribution in [1.82, 2.24) is 0 Å². The van der Waals surface area contributed by atoms with Gasteiger partial charge in [0.05, 0.1) is 0 Å². The van der Waals surface area contributed by atoms with Crippen molar-refractivity contribution < 1.29 is 0 Å². The Labute approximate surface area is 410 Å².